The van der Waals surface area contributed by atoms with Gasteiger partial charge in [-0.3, -0.25) is 4.79 Å². The average molecular weight is 279 g/mol. The van der Waals surface area contributed by atoms with Gasteiger partial charge in [0, 0.05) is 13.1 Å². The Balaban J connectivity index is 2.51. The summed E-state index contributed by atoms with van der Waals surface area (Å²) < 4.78 is 29.9. The van der Waals surface area contributed by atoms with Gasteiger partial charge in [-0.2, -0.15) is 4.31 Å². The minimum atomic E-state index is -3.48. The largest absolute Gasteiger partial charge is 0.466 e. The number of carbonyl (C=O) groups is 1. The highest BCUT2D eigenvalue weighted by Gasteiger charge is 2.31. The zero-order valence-corrected chi connectivity index (χ0v) is 11.6. The number of hydrogen-bond donors (Lipinski definition) is 1. The van der Waals surface area contributed by atoms with Crippen molar-refractivity contribution in [2.24, 2.45) is 5.92 Å². The topological polar surface area (TPSA) is 83.9 Å². The summed E-state index contributed by atoms with van der Waals surface area (Å²) in [6.45, 7) is 4.34. The minimum Gasteiger partial charge on any atom is -0.466 e. The molecule has 0 spiro atoms. The Kier molecular flexibility index (Phi) is 5.55. The molecule has 0 amide bonds. The lowest BCUT2D eigenvalue weighted by atomic mass is 9.98. The molecule has 18 heavy (non-hydrogen) atoms. The van der Waals surface area contributed by atoms with E-state index in [-0.39, 0.29) is 31.2 Å². The summed E-state index contributed by atoms with van der Waals surface area (Å²) in [6.07, 6.45) is -0.130. The van der Waals surface area contributed by atoms with Gasteiger partial charge in [-0.25, -0.2) is 8.42 Å². The molecule has 106 valence electrons. The smallest absolute Gasteiger partial charge is 0.306 e. The van der Waals surface area contributed by atoms with Crippen LogP contribution in [0.1, 0.15) is 26.7 Å². The van der Waals surface area contributed by atoms with E-state index in [1.54, 1.807) is 6.92 Å². The fourth-order valence-corrected chi connectivity index (χ4v) is 3.29. The number of carbonyl (C=O) groups excluding carboxylic acids is 1. The van der Waals surface area contributed by atoms with Gasteiger partial charge >= 0.3 is 5.97 Å². The van der Waals surface area contributed by atoms with Gasteiger partial charge in [0.1, 0.15) is 0 Å². The van der Waals surface area contributed by atoms with Crippen molar-refractivity contribution in [3.8, 4) is 0 Å². The molecule has 1 rings (SSSR count). The van der Waals surface area contributed by atoms with E-state index in [9.17, 15) is 18.3 Å². The molecule has 0 aliphatic carbocycles. The fraction of sp³-hybridized carbons (Fsp3) is 0.909. The number of nitrogens with zero attached hydrogens (tertiary/aromatic N) is 1. The number of hydrogen-bond acceptors (Lipinski definition) is 5. The predicted octanol–water partition coefficient (Wildman–Crippen LogP) is -0.0279. The molecule has 0 radical (unpaired) electrons. The summed E-state index contributed by atoms with van der Waals surface area (Å²) in [5.74, 6) is -0.652. The molecular formula is C11H21NO5S. The number of piperidine rings is 1. The van der Waals surface area contributed by atoms with E-state index in [1.165, 1.54) is 4.31 Å². The molecule has 0 bridgehead atoms. The lowest BCUT2D eigenvalue weighted by molar-refractivity contribution is -0.142. The Morgan fingerprint density at radius 3 is 2.72 bits per heavy atom. The van der Waals surface area contributed by atoms with Crippen molar-refractivity contribution in [1.29, 1.82) is 0 Å². The molecule has 1 N–H and O–H groups in total. The first-order valence-corrected chi connectivity index (χ1v) is 7.79. The standard InChI is InChI=1S/C11H21NO5S/c1-3-17-11(14)5-7-18(15,16)12-6-4-9(2)10(13)8-12/h9-10,13H,3-8H2,1-2H3. The van der Waals surface area contributed by atoms with Crippen LogP contribution in [-0.2, 0) is 19.6 Å². The van der Waals surface area contributed by atoms with Gasteiger partial charge in [0.05, 0.1) is 24.9 Å². The molecule has 0 aromatic carbocycles. The van der Waals surface area contributed by atoms with Crippen LogP contribution < -0.4 is 0 Å². The molecule has 1 aliphatic heterocycles. The van der Waals surface area contributed by atoms with Gasteiger partial charge in [-0.15, -0.1) is 0 Å². The van der Waals surface area contributed by atoms with Crippen LogP contribution in [0.4, 0.5) is 0 Å². The van der Waals surface area contributed by atoms with Gasteiger partial charge in [-0.05, 0) is 19.3 Å². The molecule has 0 saturated carbocycles. The number of sulfonamides is 1. The highest BCUT2D eigenvalue weighted by atomic mass is 32.2. The summed E-state index contributed by atoms with van der Waals surface area (Å²) >= 11 is 0. The van der Waals surface area contributed by atoms with Crippen molar-refractivity contribution in [2.75, 3.05) is 25.4 Å². The van der Waals surface area contributed by atoms with Gasteiger partial charge < -0.3 is 9.84 Å². The predicted molar refractivity (Wildman–Crippen MR) is 66.4 cm³/mol. The molecule has 1 fully saturated rings. The third-order valence-electron chi connectivity index (χ3n) is 3.14. The van der Waals surface area contributed by atoms with E-state index < -0.39 is 22.1 Å². The Morgan fingerprint density at radius 2 is 2.17 bits per heavy atom. The average Bonchev–Trinajstić information content (AvgIpc) is 2.30. The minimum absolute atomic E-state index is 0.113. The SMILES string of the molecule is CCOC(=O)CCS(=O)(=O)N1CCC(C)C(O)C1. The third-order valence-corrected chi connectivity index (χ3v) is 4.98. The van der Waals surface area contributed by atoms with Crippen LogP contribution in [0.5, 0.6) is 0 Å². The van der Waals surface area contributed by atoms with Crippen LogP contribution in [0, 0.1) is 5.92 Å². The number of aliphatic hydroxyl groups is 1. The summed E-state index contributed by atoms with van der Waals surface area (Å²) in [4.78, 5) is 11.1. The van der Waals surface area contributed by atoms with Crippen LogP contribution in [0.3, 0.4) is 0 Å². The fourth-order valence-electron chi connectivity index (χ4n) is 1.85. The number of β-amino-alcohol motifs (C(OH)–C–C–N with tert-alkyl or cyclic N) is 1. The molecule has 1 saturated heterocycles. The molecule has 1 aliphatic rings. The van der Waals surface area contributed by atoms with Crippen molar-refractivity contribution < 1.29 is 23.1 Å². The molecule has 2 atom stereocenters. The Bertz CT molecular complexity index is 381. The van der Waals surface area contributed by atoms with Crippen molar-refractivity contribution in [2.45, 2.75) is 32.8 Å². The van der Waals surface area contributed by atoms with E-state index in [2.05, 4.69) is 0 Å². The van der Waals surface area contributed by atoms with Gasteiger partial charge in [0.2, 0.25) is 10.0 Å². The summed E-state index contributed by atoms with van der Waals surface area (Å²) in [7, 11) is -3.48. The molecule has 0 aromatic heterocycles. The molecule has 1 heterocycles. The summed E-state index contributed by atoms with van der Waals surface area (Å²) in [5, 5.41) is 9.68. The maximum atomic E-state index is 12.0. The van der Waals surface area contributed by atoms with Crippen LogP contribution in [0.15, 0.2) is 0 Å². The number of aliphatic hydroxyl groups excluding tert-OH is 1. The lowest BCUT2D eigenvalue weighted by Gasteiger charge is -2.33. The molecule has 2 unspecified atom stereocenters. The Morgan fingerprint density at radius 1 is 1.50 bits per heavy atom. The van der Waals surface area contributed by atoms with Crippen LogP contribution in [0.2, 0.25) is 0 Å². The molecular weight excluding hydrogens is 258 g/mol. The highest BCUT2D eigenvalue weighted by Crippen LogP contribution is 2.20. The second-order valence-corrected chi connectivity index (χ2v) is 6.65. The van der Waals surface area contributed by atoms with Crippen molar-refractivity contribution in [3.05, 3.63) is 0 Å². The van der Waals surface area contributed by atoms with Gasteiger partial charge in [0.25, 0.3) is 0 Å². The van der Waals surface area contributed by atoms with E-state index in [1.807, 2.05) is 6.92 Å². The summed E-state index contributed by atoms with van der Waals surface area (Å²) in [5.41, 5.74) is 0. The zero-order chi connectivity index (χ0) is 13.8. The maximum absolute atomic E-state index is 12.0. The first-order chi connectivity index (χ1) is 8.36. The quantitative estimate of drug-likeness (QED) is 0.715. The summed E-state index contributed by atoms with van der Waals surface area (Å²) in [6, 6.07) is 0. The van der Waals surface area contributed by atoms with Crippen LogP contribution in [0.25, 0.3) is 0 Å². The molecule has 7 heteroatoms. The molecule has 6 nitrogen and oxygen atoms in total. The number of ether oxygens (including phenoxy) is 1. The highest BCUT2D eigenvalue weighted by molar-refractivity contribution is 7.89. The van der Waals surface area contributed by atoms with Crippen LogP contribution in [-0.4, -0.2) is 55.4 Å². The van der Waals surface area contributed by atoms with E-state index in [0.29, 0.717) is 13.0 Å². The second kappa shape index (κ2) is 6.49. The van der Waals surface area contributed by atoms with Crippen molar-refractivity contribution in [1.82, 2.24) is 4.31 Å². The van der Waals surface area contributed by atoms with E-state index in [4.69, 9.17) is 4.74 Å². The van der Waals surface area contributed by atoms with Crippen molar-refractivity contribution in [3.63, 3.8) is 0 Å². The lowest BCUT2D eigenvalue weighted by Crippen LogP contribution is -2.46. The van der Waals surface area contributed by atoms with Gasteiger partial charge in [-0.1, -0.05) is 6.92 Å². The number of rotatable bonds is 5. The molecule has 0 aromatic rings. The van der Waals surface area contributed by atoms with Gasteiger partial charge in [0.15, 0.2) is 0 Å². The monoisotopic (exact) mass is 279 g/mol. The van der Waals surface area contributed by atoms with E-state index in [0.717, 1.165) is 0 Å². The Labute approximate surface area is 108 Å². The Hall–Kier alpha value is -0.660. The zero-order valence-electron chi connectivity index (χ0n) is 10.8. The first kappa shape index (κ1) is 15.4. The van der Waals surface area contributed by atoms with Crippen LogP contribution >= 0.6 is 0 Å². The maximum Gasteiger partial charge on any atom is 0.306 e. The second-order valence-electron chi connectivity index (χ2n) is 4.56. The third kappa shape index (κ3) is 4.22. The normalized spacial score (nSPS) is 25.9. The number of esters is 1. The van der Waals surface area contributed by atoms with E-state index >= 15 is 0 Å². The van der Waals surface area contributed by atoms with Crippen molar-refractivity contribution >= 4 is 16.0 Å². The first-order valence-electron chi connectivity index (χ1n) is 6.18.